The number of hydrogen-bond donors (Lipinski definition) is 2. The molecule has 1 fully saturated rings. The lowest BCUT2D eigenvalue weighted by Gasteiger charge is -2.21. The van der Waals surface area contributed by atoms with Crippen LogP contribution in [0.3, 0.4) is 0 Å². The molecule has 6 heteroatoms. The van der Waals surface area contributed by atoms with Gasteiger partial charge in [0.05, 0.1) is 13.2 Å². The van der Waals surface area contributed by atoms with E-state index in [-0.39, 0.29) is 17.9 Å². The van der Waals surface area contributed by atoms with Crippen LogP contribution in [0.2, 0.25) is 0 Å². The fraction of sp³-hybridized carbons (Fsp3) is 0.545. The summed E-state index contributed by atoms with van der Waals surface area (Å²) in [7, 11) is 1.31. The molecule has 94 valence electrons. The van der Waals surface area contributed by atoms with Gasteiger partial charge in [0.25, 0.3) is 0 Å². The first-order valence-electron chi connectivity index (χ1n) is 5.36. The molecule has 0 spiro atoms. The van der Waals surface area contributed by atoms with Crippen LogP contribution >= 0.6 is 0 Å². The van der Waals surface area contributed by atoms with Gasteiger partial charge in [-0.15, -0.1) is 0 Å². The lowest BCUT2D eigenvalue weighted by atomic mass is 10.1. The molecule has 2 amide bonds. The standard InChI is InChI=1S/C11H16N2O4/c1-7(11(16)17-2)5-6-12-8-3-4-9(14)13-10(8)15/h5,8,12H,3-4,6H2,1-2H3,(H,13,14,15). The van der Waals surface area contributed by atoms with Crippen LogP contribution in [0.5, 0.6) is 0 Å². The zero-order chi connectivity index (χ0) is 12.8. The Labute approximate surface area is 99.4 Å². The molecule has 0 bridgehead atoms. The van der Waals surface area contributed by atoms with Crippen molar-refractivity contribution in [2.45, 2.75) is 25.8 Å². The molecule has 1 aliphatic rings. The van der Waals surface area contributed by atoms with Crippen molar-refractivity contribution in [3.63, 3.8) is 0 Å². The second-order valence-electron chi connectivity index (χ2n) is 3.79. The van der Waals surface area contributed by atoms with Crippen LogP contribution in [0.4, 0.5) is 0 Å². The van der Waals surface area contributed by atoms with Crippen molar-refractivity contribution in [3.8, 4) is 0 Å². The van der Waals surface area contributed by atoms with Crippen LogP contribution in [-0.2, 0) is 19.1 Å². The van der Waals surface area contributed by atoms with Gasteiger partial charge in [-0.25, -0.2) is 4.79 Å². The number of methoxy groups -OCH3 is 1. The van der Waals surface area contributed by atoms with Gasteiger partial charge in [0, 0.05) is 18.5 Å². The summed E-state index contributed by atoms with van der Waals surface area (Å²) < 4.78 is 4.53. The number of ether oxygens (including phenoxy) is 1. The Bertz CT molecular complexity index is 362. The molecule has 1 atom stereocenters. The molecule has 0 radical (unpaired) electrons. The first-order chi connectivity index (χ1) is 8.04. The van der Waals surface area contributed by atoms with E-state index in [0.29, 0.717) is 25.0 Å². The van der Waals surface area contributed by atoms with Crippen molar-refractivity contribution in [2.24, 2.45) is 0 Å². The van der Waals surface area contributed by atoms with Crippen LogP contribution in [0.15, 0.2) is 11.6 Å². The third kappa shape index (κ3) is 3.99. The quantitative estimate of drug-likeness (QED) is 0.393. The molecule has 0 aromatic rings. The first-order valence-corrected chi connectivity index (χ1v) is 5.36. The monoisotopic (exact) mass is 240 g/mol. The Morgan fingerprint density at radius 3 is 2.88 bits per heavy atom. The van der Waals surface area contributed by atoms with Crippen molar-refractivity contribution in [1.82, 2.24) is 10.6 Å². The molecular formula is C11H16N2O4. The highest BCUT2D eigenvalue weighted by molar-refractivity contribution is 6.00. The fourth-order valence-electron chi connectivity index (χ4n) is 1.49. The molecule has 1 saturated heterocycles. The van der Waals surface area contributed by atoms with Crippen molar-refractivity contribution >= 4 is 17.8 Å². The Balaban J connectivity index is 2.39. The fourth-order valence-corrected chi connectivity index (χ4v) is 1.49. The van der Waals surface area contributed by atoms with Crippen molar-refractivity contribution in [1.29, 1.82) is 0 Å². The number of rotatable bonds is 4. The number of nitrogens with one attached hydrogen (secondary N) is 2. The van der Waals surface area contributed by atoms with Crippen LogP contribution < -0.4 is 10.6 Å². The third-order valence-electron chi connectivity index (χ3n) is 2.52. The van der Waals surface area contributed by atoms with E-state index in [1.807, 2.05) is 0 Å². The molecule has 1 heterocycles. The smallest absolute Gasteiger partial charge is 0.333 e. The van der Waals surface area contributed by atoms with E-state index >= 15 is 0 Å². The summed E-state index contributed by atoms with van der Waals surface area (Å²) in [5.41, 5.74) is 0.479. The molecule has 1 rings (SSSR count). The molecular weight excluding hydrogens is 224 g/mol. The van der Waals surface area contributed by atoms with Gasteiger partial charge in [-0.3, -0.25) is 14.9 Å². The predicted molar refractivity (Wildman–Crippen MR) is 59.9 cm³/mol. The van der Waals surface area contributed by atoms with E-state index in [1.165, 1.54) is 7.11 Å². The van der Waals surface area contributed by atoms with Gasteiger partial charge in [0.2, 0.25) is 11.8 Å². The number of esters is 1. The number of carbonyl (C=O) groups excluding carboxylic acids is 3. The average molecular weight is 240 g/mol. The molecule has 2 N–H and O–H groups in total. The summed E-state index contributed by atoms with van der Waals surface area (Å²) in [6.07, 6.45) is 2.47. The lowest BCUT2D eigenvalue weighted by Crippen LogP contribution is -2.50. The summed E-state index contributed by atoms with van der Waals surface area (Å²) >= 11 is 0. The maximum atomic E-state index is 11.4. The van der Waals surface area contributed by atoms with E-state index in [4.69, 9.17) is 0 Å². The minimum Gasteiger partial charge on any atom is -0.466 e. The van der Waals surface area contributed by atoms with Crippen LogP contribution in [0.1, 0.15) is 19.8 Å². The number of piperidine rings is 1. The zero-order valence-electron chi connectivity index (χ0n) is 9.91. The van der Waals surface area contributed by atoms with Crippen LogP contribution in [0, 0.1) is 0 Å². The summed E-state index contributed by atoms with van der Waals surface area (Å²) in [4.78, 5) is 33.3. The van der Waals surface area contributed by atoms with Crippen molar-refractivity contribution in [2.75, 3.05) is 13.7 Å². The summed E-state index contributed by atoms with van der Waals surface area (Å²) in [6, 6.07) is -0.380. The van der Waals surface area contributed by atoms with Gasteiger partial charge < -0.3 is 10.1 Å². The van der Waals surface area contributed by atoms with E-state index in [0.717, 1.165) is 0 Å². The van der Waals surface area contributed by atoms with Crippen LogP contribution in [0.25, 0.3) is 0 Å². The van der Waals surface area contributed by atoms with Crippen molar-refractivity contribution < 1.29 is 19.1 Å². The summed E-state index contributed by atoms with van der Waals surface area (Å²) in [5.74, 6) is -0.949. The van der Waals surface area contributed by atoms with Gasteiger partial charge in [-0.05, 0) is 13.3 Å². The molecule has 0 saturated carbocycles. The molecule has 17 heavy (non-hydrogen) atoms. The Kier molecular flexibility index (Phi) is 4.84. The lowest BCUT2D eigenvalue weighted by molar-refractivity contribution is -0.136. The van der Waals surface area contributed by atoms with E-state index in [1.54, 1.807) is 13.0 Å². The zero-order valence-corrected chi connectivity index (χ0v) is 9.91. The maximum absolute atomic E-state index is 11.4. The Morgan fingerprint density at radius 2 is 2.29 bits per heavy atom. The Morgan fingerprint density at radius 1 is 1.59 bits per heavy atom. The second-order valence-corrected chi connectivity index (χ2v) is 3.79. The van der Waals surface area contributed by atoms with E-state index in [9.17, 15) is 14.4 Å². The molecule has 0 aromatic carbocycles. The largest absolute Gasteiger partial charge is 0.466 e. The highest BCUT2D eigenvalue weighted by Crippen LogP contribution is 2.04. The molecule has 0 aliphatic carbocycles. The van der Waals surface area contributed by atoms with Crippen molar-refractivity contribution in [3.05, 3.63) is 11.6 Å². The van der Waals surface area contributed by atoms with E-state index in [2.05, 4.69) is 15.4 Å². The highest BCUT2D eigenvalue weighted by atomic mass is 16.5. The Hall–Kier alpha value is -1.69. The maximum Gasteiger partial charge on any atom is 0.333 e. The number of amides is 2. The third-order valence-corrected chi connectivity index (χ3v) is 2.52. The molecule has 1 unspecified atom stereocenters. The van der Waals surface area contributed by atoms with Gasteiger partial charge in [0.15, 0.2) is 0 Å². The highest BCUT2D eigenvalue weighted by Gasteiger charge is 2.25. The summed E-state index contributed by atoms with van der Waals surface area (Å²) in [5, 5.41) is 5.20. The van der Waals surface area contributed by atoms with Gasteiger partial charge >= 0.3 is 5.97 Å². The topological polar surface area (TPSA) is 84.5 Å². The SMILES string of the molecule is COC(=O)C(C)=CCNC1CCC(=O)NC1=O. The molecule has 0 aromatic heterocycles. The molecule has 1 aliphatic heterocycles. The first kappa shape index (κ1) is 13.4. The number of imide groups is 1. The summed E-state index contributed by atoms with van der Waals surface area (Å²) in [6.45, 7) is 2.02. The minimum atomic E-state index is -0.393. The normalized spacial score (nSPS) is 21.1. The van der Waals surface area contributed by atoms with Gasteiger partial charge in [0.1, 0.15) is 0 Å². The van der Waals surface area contributed by atoms with Crippen LogP contribution in [-0.4, -0.2) is 37.5 Å². The second kappa shape index (κ2) is 6.15. The number of hydrogen-bond acceptors (Lipinski definition) is 5. The minimum absolute atomic E-state index is 0.241. The molecule has 6 nitrogen and oxygen atoms in total. The van der Waals surface area contributed by atoms with E-state index < -0.39 is 5.97 Å². The predicted octanol–water partition coefficient (Wildman–Crippen LogP) is -0.499. The number of carbonyl (C=O) groups is 3. The average Bonchev–Trinajstić information content (AvgIpc) is 2.30. The van der Waals surface area contributed by atoms with Gasteiger partial charge in [-0.1, -0.05) is 6.08 Å². The van der Waals surface area contributed by atoms with Gasteiger partial charge in [-0.2, -0.15) is 0 Å².